The highest BCUT2D eigenvalue weighted by Crippen LogP contribution is 2.38. The molecule has 1 aliphatic heterocycles. The number of rotatable bonds is 3. The summed E-state index contributed by atoms with van der Waals surface area (Å²) in [5.74, 6) is 5.66. The molecule has 0 aliphatic carbocycles. The average Bonchev–Trinajstić information content (AvgIpc) is 2.61. The second-order valence-corrected chi connectivity index (χ2v) is 6.19. The van der Waals surface area contributed by atoms with Crippen molar-refractivity contribution in [1.29, 1.82) is 0 Å². The fourth-order valence-corrected chi connectivity index (χ4v) is 3.06. The highest BCUT2D eigenvalue weighted by Gasteiger charge is 2.26. The van der Waals surface area contributed by atoms with Crippen molar-refractivity contribution in [2.24, 2.45) is 0 Å². The van der Waals surface area contributed by atoms with Crippen LogP contribution in [0.1, 0.15) is 42.4 Å². The Bertz CT molecular complexity index is 892. The lowest BCUT2D eigenvalue weighted by Gasteiger charge is -2.26. The summed E-state index contributed by atoms with van der Waals surface area (Å²) in [6, 6.07) is 13.4. The van der Waals surface area contributed by atoms with Gasteiger partial charge in [-0.2, -0.15) is 0 Å². The topological polar surface area (TPSA) is 78.4 Å². The summed E-state index contributed by atoms with van der Waals surface area (Å²) in [6.45, 7) is 1.51. The van der Waals surface area contributed by atoms with Crippen molar-refractivity contribution in [3.8, 4) is 11.8 Å². The molecule has 0 radical (unpaired) electrons. The van der Waals surface area contributed by atoms with Crippen LogP contribution in [0.2, 0.25) is 0 Å². The highest BCUT2D eigenvalue weighted by atomic mass is 16.2. The first kappa shape index (κ1) is 17.7. The van der Waals surface area contributed by atoms with Crippen LogP contribution < -0.4 is 10.6 Å². The van der Waals surface area contributed by atoms with Gasteiger partial charge < -0.3 is 15.7 Å². The summed E-state index contributed by atoms with van der Waals surface area (Å²) in [4.78, 5) is 23.4. The van der Waals surface area contributed by atoms with Gasteiger partial charge in [-0.25, -0.2) is 0 Å². The van der Waals surface area contributed by atoms with Gasteiger partial charge in [0.05, 0.1) is 6.61 Å². The molecule has 3 N–H and O–H groups in total. The molecule has 3 rings (SSSR count). The van der Waals surface area contributed by atoms with Crippen molar-refractivity contribution >= 4 is 23.2 Å². The molecule has 1 aliphatic rings. The maximum atomic E-state index is 12.1. The van der Waals surface area contributed by atoms with Crippen LogP contribution in [0.5, 0.6) is 0 Å². The number of fused-ring (bicyclic) bond motifs is 1. The number of hydrogen-bond acceptors (Lipinski definition) is 3. The largest absolute Gasteiger partial charge is 0.395 e. The second kappa shape index (κ2) is 7.85. The van der Waals surface area contributed by atoms with Gasteiger partial charge in [0.2, 0.25) is 11.8 Å². The van der Waals surface area contributed by atoms with E-state index >= 15 is 0 Å². The van der Waals surface area contributed by atoms with Gasteiger partial charge in [-0.3, -0.25) is 9.59 Å². The van der Waals surface area contributed by atoms with Crippen LogP contribution in [0, 0.1) is 11.8 Å². The Hall–Kier alpha value is -3.10. The van der Waals surface area contributed by atoms with E-state index in [1.807, 2.05) is 36.4 Å². The number of hydrogen-bond donors (Lipinski definition) is 3. The Balaban J connectivity index is 1.89. The minimum Gasteiger partial charge on any atom is -0.395 e. The van der Waals surface area contributed by atoms with Crippen molar-refractivity contribution in [3.63, 3.8) is 0 Å². The van der Waals surface area contributed by atoms with Crippen molar-refractivity contribution in [2.45, 2.75) is 25.7 Å². The Morgan fingerprint density at radius 2 is 2.04 bits per heavy atom. The summed E-state index contributed by atoms with van der Waals surface area (Å²) in [6.07, 6.45) is 0.830. The molecule has 1 atom stereocenters. The molecule has 26 heavy (non-hydrogen) atoms. The molecule has 0 saturated heterocycles. The number of anilines is 2. The zero-order valence-electron chi connectivity index (χ0n) is 14.5. The SMILES string of the molecule is CC(=O)Nc1ccc2c(c1)NC(=O)CC2c1ccc(C#CCCO)cc1. The summed E-state index contributed by atoms with van der Waals surface area (Å²) < 4.78 is 0. The highest BCUT2D eigenvalue weighted by molar-refractivity contribution is 5.97. The first-order valence-corrected chi connectivity index (χ1v) is 8.48. The van der Waals surface area contributed by atoms with Crippen LogP contribution >= 0.6 is 0 Å². The Kier molecular flexibility index (Phi) is 5.35. The number of aliphatic hydroxyl groups excluding tert-OH is 1. The Morgan fingerprint density at radius 3 is 2.73 bits per heavy atom. The third kappa shape index (κ3) is 4.11. The lowest BCUT2D eigenvalue weighted by molar-refractivity contribution is -0.116. The molecule has 132 valence electrons. The normalized spacial score (nSPS) is 15.3. The smallest absolute Gasteiger partial charge is 0.225 e. The first-order chi connectivity index (χ1) is 12.6. The van der Waals surface area contributed by atoms with Gasteiger partial charge in [0.15, 0.2) is 0 Å². The molecule has 1 heterocycles. The van der Waals surface area contributed by atoms with Crippen molar-refractivity contribution in [3.05, 3.63) is 59.2 Å². The van der Waals surface area contributed by atoms with Crippen LogP contribution in [0.25, 0.3) is 0 Å². The van der Waals surface area contributed by atoms with Crippen LogP contribution in [0.4, 0.5) is 11.4 Å². The standard InChI is InChI=1S/C21H20N2O3/c1-14(25)22-17-9-10-18-19(13-21(26)23-20(18)12-17)16-7-5-15(6-8-16)4-2-3-11-24/h5-10,12,19,24H,3,11,13H2,1H3,(H,22,25)(H,23,26). The lowest BCUT2D eigenvalue weighted by Crippen LogP contribution is -2.23. The summed E-state index contributed by atoms with van der Waals surface area (Å²) in [5, 5.41) is 14.4. The molecule has 0 bridgehead atoms. The number of nitrogens with one attached hydrogen (secondary N) is 2. The molecular formula is C21H20N2O3. The number of carbonyl (C=O) groups is 2. The number of benzene rings is 2. The third-order valence-corrected chi connectivity index (χ3v) is 4.20. The van der Waals surface area contributed by atoms with E-state index in [0.717, 1.165) is 22.4 Å². The molecular weight excluding hydrogens is 328 g/mol. The van der Waals surface area contributed by atoms with Gasteiger partial charge >= 0.3 is 0 Å². The van der Waals surface area contributed by atoms with Crippen LogP contribution in [0.15, 0.2) is 42.5 Å². The van der Waals surface area contributed by atoms with E-state index in [1.165, 1.54) is 6.92 Å². The fraction of sp³-hybridized carbons (Fsp3) is 0.238. The van der Waals surface area contributed by atoms with Gasteiger partial charge in [-0.1, -0.05) is 30.0 Å². The Labute approximate surface area is 152 Å². The van der Waals surface area contributed by atoms with Crippen molar-refractivity contribution < 1.29 is 14.7 Å². The minimum atomic E-state index is -0.151. The molecule has 2 aromatic carbocycles. The zero-order chi connectivity index (χ0) is 18.5. The Morgan fingerprint density at radius 1 is 1.27 bits per heavy atom. The molecule has 0 saturated carbocycles. The minimum absolute atomic E-state index is 0.0374. The number of carbonyl (C=O) groups excluding carboxylic acids is 2. The molecule has 2 aromatic rings. The molecule has 0 spiro atoms. The predicted molar refractivity (Wildman–Crippen MR) is 101 cm³/mol. The quantitative estimate of drug-likeness (QED) is 0.747. The zero-order valence-corrected chi connectivity index (χ0v) is 14.5. The van der Waals surface area contributed by atoms with Crippen molar-refractivity contribution in [2.75, 3.05) is 17.2 Å². The molecule has 0 aromatic heterocycles. The third-order valence-electron chi connectivity index (χ3n) is 4.20. The van der Waals surface area contributed by atoms with E-state index in [9.17, 15) is 9.59 Å². The average molecular weight is 348 g/mol. The second-order valence-electron chi connectivity index (χ2n) is 6.19. The van der Waals surface area contributed by atoms with Gasteiger partial charge in [-0.15, -0.1) is 0 Å². The van der Waals surface area contributed by atoms with E-state index < -0.39 is 0 Å². The summed E-state index contributed by atoms with van der Waals surface area (Å²) in [7, 11) is 0. The first-order valence-electron chi connectivity index (χ1n) is 8.48. The van der Waals surface area contributed by atoms with E-state index in [2.05, 4.69) is 22.5 Å². The lowest BCUT2D eigenvalue weighted by atomic mass is 9.84. The van der Waals surface area contributed by atoms with E-state index in [4.69, 9.17) is 5.11 Å². The fourth-order valence-electron chi connectivity index (χ4n) is 3.06. The monoisotopic (exact) mass is 348 g/mol. The number of amides is 2. The molecule has 0 fully saturated rings. The molecule has 5 heteroatoms. The van der Waals surface area contributed by atoms with E-state index in [1.54, 1.807) is 6.07 Å². The van der Waals surface area contributed by atoms with Crippen LogP contribution in [-0.4, -0.2) is 23.5 Å². The van der Waals surface area contributed by atoms with Crippen LogP contribution in [0.3, 0.4) is 0 Å². The summed E-state index contributed by atoms with van der Waals surface area (Å²) >= 11 is 0. The number of aliphatic hydroxyl groups is 1. The van der Waals surface area contributed by atoms with Gasteiger partial charge in [-0.05, 0) is 35.4 Å². The van der Waals surface area contributed by atoms with E-state index in [-0.39, 0.29) is 24.3 Å². The predicted octanol–water partition coefficient (Wildman–Crippen LogP) is 2.85. The molecule has 5 nitrogen and oxygen atoms in total. The van der Waals surface area contributed by atoms with Gasteiger partial charge in [0.25, 0.3) is 0 Å². The van der Waals surface area contributed by atoms with Gasteiger partial charge in [0.1, 0.15) is 0 Å². The maximum Gasteiger partial charge on any atom is 0.225 e. The van der Waals surface area contributed by atoms with Gasteiger partial charge in [0, 0.05) is 42.6 Å². The van der Waals surface area contributed by atoms with E-state index in [0.29, 0.717) is 18.5 Å². The molecule has 2 amide bonds. The van der Waals surface area contributed by atoms with Crippen molar-refractivity contribution in [1.82, 2.24) is 0 Å². The molecule has 1 unspecified atom stereocenters. The van der Waals surface area contributed by atoms with Crippen LogP contribution in [-0.2, 0) is 9.59 Å². The summed E-state index contributed by atoms with van der Waals surface area (Å²) in [5.41, 5.74) is 4.33. The maximum absolute atomic E-state index is 12.1.